The first-order valence-corrected chi connectivity index (χ1v) is 10.5. The zero-order valence-corrected chi connectivity index (χ0v) is 18.1. The lowest BCUT2D eigenvalue weighted by molar-refractivity contribution is 0.0877. The molecule has 29 heavy (non-hydrogen) atoms. The maximum Gasteiger partial charge on any atom is 0.251 e. The van der Waals surface area contributed by atoms with Crippen LogP contribution in [0.25, 0.3) is 0 Å². The SMILES string of the molecule is Cc1cc(C(=O)NC(CO)C2CCOC2)ccc1NC(C)c1cc(Cl)ccc1Cl. The number of halogens is 2. The summed E-state index contributed by atoms with van der Waals surface area (Å²) in [6, 6.07) is 10.5. The van der Waals surface area contributed by atoms with Crippen LogP contribution in [0, 0.1) is 12.8 Å². The van der Waals surface area contributed by atoms with E-state index >= 15 is 0 Å². The van der Waals surface area contributed by atoms with E-state index in [0.717, 1.165) is 23.2 Å². The number of anilines is 1. The molecule has 1 saturated heterocycles. The van der Waals surface area contributed by atoms with Crippen LogP contribution in [-0.4, -0.2) is 36.9 Å². The van der Waals surface area contributed by atoms with Crippen LogP contribution in [0.4, 0.5) is 5.69 Å². The molecule has 1 fully saturated rings. The Bertz CT molecular complexity index is 869. The largest absolute Gasteiger partial charge is 0.394 e. The van der Waals surface area contributed by atoms with Crippen molar-refractivity contribution in [1.82, 2.24) is 5.32 Å². The maximum atomic E-state index is 12.6. The second kappa shape index (κ2) is 9.81. The Morgan fingerprint density at radius 1 is 1.28 bits per heavy atom. The van der Waals surface area contributed by atoms with E-state index in [1.807, 2.05) is 32.0 Å². The Kier molecular flexibility index (Phi) is 7.41. The molecule has 1 aliphatic rings. The van der Waals surface area contributed by atoms with Crippen molar-refractivity contribution in [1.29, 1.82) is 0 Å². The fourth-order valence-electron chi connectivity index (χ4n) is 3.56. The van der Waals surface area contributed by atoms with Crippen molar-refractivity contribution in [2.75, 3.05) is 25.1 Å². The molecule has 3 rings (SSSR count). The van der Waals surface area contributed by atoms with E-state index < -0.39 is 0 Å². The van der Waals surface area contributed by atoms with Crippen LogP contribution in [0.2, 0.25) is 10.0 Å². The van der Waals surface area contributed by atoms with E-state index in [0.29, 0.717) is 28.8 Å². The summed E-state index contributed by atoms with van der Waals surface area (Å²) < 4.78 is 5.36. The van der Waals surface area contributed by atoms with Gasteiger partial charge < -0.3 is 20.5 Å². The highest BCUT2D eigenvalue weighted by Crippen LogP contribution is 2.30. The fraction of sp³-hybridized carbons (Fsp3) is 0.409. The number of aliphatic hydroxyl groups is 1. The lowest BCUT2D eigenvalue weighted by Gasteiger charge is -2.22. The van der Waals surface area contributed by atoms with Gasteiger partial charge in [0, 0.05) is 33.8 Å². The first-order valence-electron chi connectivity index (χ1n) is 9.70. The third kappa shape index (κ3) is 5.43. The lowest BCUT2D eigenvalue weighted by atomic mass is 9.99. The number of aliphatic hydroxyl groups excluding tert-OH is 1. The van der Waals surface area contributed by atoms with E-state index in [-0.39, 0.29) is 30.5 Å². The molecule has 0 saturated carbocycles. The third-order valence-electron chi connectivity index (χ3n) is 5.33. The highest BCUT2D eigenvalue weighted by Gasteiger charge is 2.27. The van der Waals surface area contributed by atoms with Gasteiger partial charge in [0.1, 0.15) is 0 Å². The number of nitrogens with one attached hydrogen (secondary N) is 2. The van der Waals surface area contributed by atoms with Gasteiger partial charge in [-0.25, -0.2) is 0 Å². The molecule has 2 aromatic carbocycles. The Morgan fingerprint density at radius 3 is 2.72 bits per heavy atom. The molecular weight excluding hydrogens is 411 g/mol. The van der Waals surface area contributed by atoms with Gasteiger partial charge in [0.15, 0.2) is 0 Å². The first-order chi connectivity index (χ1) is 13.9. The van der Waals surface area contributed by atoms with Crippen molar-refractivity contribution in [3.05, 3.63) is 63.1 Å². The highest BCUT2D eigenvalue weighted by molar-refractivity contribution is 6.33. The molecule has 7 heteroatoms. The van der Waals surface area contributed by atoms with Gasteiger partial charge in [-0.05, 0) is 67.8 Å². The minimum Gasteiger partial charge on any atom is -0.394 e. The molecule has 1 heterocycles. The number of carbonyl (C=O) groups excluding carboxylic acids is 1. The number of amides is 1. The Labute approximate surface area is 181 Å². The predicted octanol–water partition coefficient (Wildman–Crippen LogP) is 4.60. The molecule has 1 aliphatic heterocycles. The molecule has 0 aliphatic carbocycles. The van der Waals surface area contributed by atoms with Crippen LogP contribution >= 0.6 is 23.2 Å². The molecule has 0 aromatic heterocycles. The average molecular weight is 437 g/mol. The Morgan fingerprint density at radius 2 is 2.07 bits per heavy atom. The molecule has 3 N–H and O–H groups in total. The van der Waals surface area contributed by atoms with Crippen LogP contribution in [0.15, 0.2) is 36.4 Å². The number of ether oxygens (including phenoxy) is 1. The summed E-state index contributed by atoms with van der Waals surface area (Å²) in [4.78, 5) is 12.6. The molecule has 1 amide bonds. The highest BCUT2D eigenvalue weighted by atomic mass is 35.5. The van der Waals surface area contributed by atoms with Gasteiger partial charge in [-0.3, -0.25) is 4.79 Å². The van der Waals surface area contributed by atoms with Crippen molar-refractivity contribution >= 4 is 34.8 Å². The number of rotatable bonds is 7. The smallest absolute Gasteiger partial charge is 0.251 e. The summed E-state index contributed by atoms with van der Waals surface area (Å²) >= 11 is 12.4. The van der Waals surface area contributed by atoms with Gasteiger partial charge >= 0.3 is 0 Å². The van der Waals surface area contributed by atoms with Gasteiger partial charge in [0.25, 0.3) is 5.91 Å². The van der Waals surface area contributed by atoms with Crippen molar-refractivity contribution in [2.24, 2.45) is 5.92 Å². The molecule has 5 nitrogen and oxygen atoms in total. The number of aryl methyl sites for hydroxylation is 1. The molecule has 3 unspecified atom stereocenters. The predicted molar refractivity (Wildman–Crippen MR) is 117 cm³/mol. The number of hydrogen-bond acceptors (Lipinski definition) is 4. The van der Waals surface area contributed by atoms with Gasteiger partial charge in [-0.15, -0.1) is 0 Å². The van der Waals surface area contributed by atoms with Crippen LogP contribution in [0.3, 0.4) is 0 Å². The molecular formula is C22H26Cl2N2O3. The van der Waals surface area contributed by atoms with Crippen LogP contribution < -0.4 is 10.6 Å². The summed E-state index contributed by atoms with van der Waals surface area (Å²) in [7, 11) is 0. The van der Waals surface area contributed by atoms with E-state index in [2.05, 4.69) is 10.6 Å². The molecule has 3 atom stereocenters. The molecule has 0 bridgehead atoms. The van der Waals surface area contributed by atoms with Crippen LogP contribution in [-0.2, 0) is 4.74 Å². The van der Waals surface area contributed by atoms with E-state index in [4.69, 9.17) is 27.9 Å². The average Bonchev–Trinajstić information content (AvgIpc) is 3.23. The lowest BCUT2D eigenvalue weighted by Crippen LogP contribution is -2.43. The maximum absolute atomic E-state index is 12.6. The van der Waals surface area contributed by atoms with E-state index in [9.17, 15) is 9.90 Å². The minimum absolute atomic E-state index is 0.0549. The molecule has 0 radical (unpaired) electrons. The van der Waals surface area contributed by atoms with Crippen molar-refractivity contribution in [3.63, 3.8) is 0 Å². The standard InChI is InChI=1S/C22H26Cl2N2O3/c1-13-9-15(22(28)26-21(11-27)16-7-8-29-12-16)3-6-20(13)25-14(2)18-10-17(23)4-5-19(18)24/h3-6,9-10,14,16,21,25,27H,7-8,11-12H2,1-2H3,(H,26,28). The Balaban J connectivity index is 1.69. The van der Waals surface area contributed by atoms with Gasteiger partial charge in [-0.1, -0.05) is 23.2 Å². The van der Waals surface area contributed by atoms with Crippen molar-refractivity contribution in [3.8, 4) is 0 Å². The zero-order valence-electron chi connectivity index (χ0n) is 16.5. The fourth-order valence-corrected chi connectivity index (χ4v) is 4.02. The van der Waals surface area contributed by atoms with Crippen molar-refractivity contribution < 1.29 is 14.6 Å². The van der Waals surface area contributed by atoms with Gasteiger partial charge in [-0.2, -0.15) is 0 Å². The van der Waals surface area contributed by atoms with Gasteiger partial charge in [0.2, 0.25) is 0 Å². The van der Waals surface area contributed by atoms with Gasteiger partial charge in [0.05, 0.1) is 25.3 Å². The van der Waals surface area contributed by atoms with Crippen LogP contribution in [0.5, 0.6) is 0 Å². The van der Waals surface area contributed by atoms with Crippen molar-refractivity contribution in [2.45, 2.75) is 32.4 Å². The molecule has 2 aromatic rings. The van der Waals surface area contributed by atoms with E-state index in [1.54, 1.807) is 18.2 Å². The monoisotopic (exact) mass is 436 g/mol. The second-order valence-corrected chi connectivity index (χ2v) is 8.29. The normalized spacial score (nSPS) is 18.3. The zero-order chi connectivity index (χ0) is 21.0. The topological polar surface area (TPSA) is 70.6 Å². The van der Waals surface area contributed by atoms with Crippen LogP contribution in [0.1, 0.15) is 40.9 Å². The summed E-state index contributed by atoms with van der Waals surface area (Å²) in [5.41, 5.74) is 3.31. The first kappa shape index (κ1) is 21.9. The number of hydrogen-bond donors (Lipinski definition) is 3. The summed E-state index contributed by atoms with van der Waals surface area (Å²) in [5.74, 6) is -0.0502. The minimum atomic E-state index is -0.298. The second-order valence-electron chi connectivity index (χ2n) is 7.45. The number of carbonyl (C=O) groups is 1. The quantitative estimate of drug-likeness (QED) is 0.592. The summed E-state index contributed by atoms with van der Waals surface area (Å²) in [5, 5.41) is 17.3. The summed E-state index contributed by atoms with van der Waals surface area (Å²) in [6.45, 7) is 5.09. The number of benzene rings is 2. The third-order valence-corrected chi connectivity index (χ3v) is 5.91. The summed E-state index contributed by atoms with van der Waals surface area (Å²) in [6.07, 6.45) is 0.845. The molecule has 156 valence electrons. The Hall–Kier alpha value is -1.79. The molecule has 0 spiro atoms. The van der Waals surface area contributed by atoms with E-state index in [1.165, 1.54) is 0 Å².